The molecule has 0 fully saturated rings. The Kier molecular flexibility index (Phi) is 6.30. The SMILES string of the molecule is C=CCN(CC=C)[C@@H](CO)Cc1ccccc1. The lowest BCUT2D eigenvalue weighted by molar-refractivity contribution is 0.144. The molecule has 0 radical (unpaired) electrons. The van der Waals surface area contributed by atoms with E-state index in [1.54, 1.807) is 0 Å². The fraction of sp³-hybridized carbons (Fsp3) is 0.333. The largest absolute Gasteiger partial charge is 0.395 e. The molecule has 1 aromatic carbocycles. The zero-order chi connectivity index (χ0) is 12.5. The molecule has 0 aromatic heterocycles. The van der Waals surface area contributed by atoms with Crippen molar-refractivity contribution in [3.8, 4) is 0 Å². The molecule has 0 heterocycles. The van der Waals surface area contributed by atoms with Crippen molar-refractivity contribution in [3.63, 3.8) is 0 Å². The van der Waals surface area contributed by atoms with E-state index in [0.717, 1.165) is 19.5 Å². The van der Waals surface area contributed by atoms with E-state index in [1.165, 1.54) is 5.56 Å². The van der Waals surface area contributed by atoms with Crippen LogP contribution in [0.2, 0.25) is 0 Å². The Morgan fingerprint density at radius 1 is 1.12 bits per heavy atom. The molecule has 0 spiro atoms. The minimum Gasteiger partial charge on any atom is -0.395 e. The summed E-state index contributed by atoms with van der Waals surface area (Å²) in [5.74, 6) is 0. The maximum Gasteiger partial charge on any atom is 0.0590 e. The van der Waals surface area contributed by atoms with Gasteiger partial charge in [-0.15, -0.1) is 13.2 Å². The van der Waals surface area contributed by atoms with Crippen LogP contribution in [0.3, 0.4) is 0 Å². The fourth-order valence-corrected chi connectivity index (χ4v) is 1.90. The summed E-state index contributed by atoms with van der Waals surface area (Å²) in [7, 11) is 0. The molecule has 0 aliphatic heterocycles. The van der Waals surface area contributed by atoms with Crippen molar-refractivity contribution in [3.05, 3.63) is 61.2 Å². The molecular formula is C15H21NO. The van der Waals surface area contributed by atoms with Gasteiger partial charge in [-0.2, -0.15) is 0 Å². The molecule has 0 saturated carbocycles. The maximum atomic E-state index is 9.50. The minimum absolute atomic E-state index is 0.119. The summed E-state index contributed by atoms with van der Waals surface area (Å²) >= 11 is 0. The van der Waals surface area contributed by atoms with Crippen molar-refractivity contribution in [2.24, 2.45) is 0 Å². The van der Waals surface area contributed by atoms with Gasteiger partial charge in [0.05, 0.1) is 6.61 Å². The average molecular weight is 231 g/mol. The van der Waals surface area contributed by atoms with Crippen LogP contribution in [0.4, 0.5) is 0 Å². The van der Waals surface area contributed by atoms with Crippen LogP contribution in [-0.2, 0) is 6.42 Å². The molecule has 1 N–H and O–H groups in total. The van der Waals surface area contributed by atoms with Gasteiger partial charge in [0.15, 0.2) is 0 Å². The highest BCUT2D eigenvalue weighted by molar-refractivity contribution is 5.16. The smallest absolute Gasteiger partial charge is 0.0590 e. The topological polar surface area (TPSA) is 23.5 Å². The lowest BCUT2D eigenvalue weighted by Crippen LogP contribution is -2.39. The van der Waals surface area contributed by atoms with Crippen LogP contribution < -0.4 is 0 Å². The highest BCUT2D eigenvalue weighted by Gasteiger charge is 2.15. The normalized spacial score (nSPS) is 12.4. The Bertz CT molecular complexity index is 324. The quantitative estimate of drug-likeness (QED) is 0.694. The predicted octanol–water partition coefficient (Wildman–Crippen LogP) is 2.26. The van der Waals surface area contributed by atoms with E-state index < -0.39 is 0 Å². The Morgan fingerprint density at radius 3 is 2.18 bits per heavy atom. The summed E-state index contributed by atoms with van der Waals surface area (Å²) in [6, 6.07) is 10.3. The van der Waals surface area contributed by atoms with Crippen molar-refractivity contribution < 1.29 is 5.11 Å². The van der Waals surface area contributed by atoms with Gasteiger partial charge in [0, 0.05) is 19.1 Å². The number of hydrogen-bond acceptors (Lipinski definition) is 2. The molecular weight excluding hydrogens is 210 g/mol. The van der Waals surface area contributed by atoms with Crippen LogP contribution in [-0.4, -0.2) is 35.7 Å². The van der Waals surface area contributed by atoms with E-state index >= 15 is 0 Å². The van der Waals surface area contributed by atoms with E-state index in [2.05, 4.69) is 30.2 Å². The summed E-state index contributed by atoms with van der Waals surface area (Å²) in [6.07, 6.45) is 4.56. The van der Waals surface area contributed by atoms with E-state index in [1.807, 2.05) is 30.4 Å². The summed E-state index contributed by atoms with van der Waals surface area (Å²) in [4.78, 5) is 2.17. The van der Waals surface area contributed by atoms with Crippen molar-refractivity contribution in [1.82, 2.24) is 4.90 Å². The summed E-state index contributed by atoms with van der Waals surface area (Å²) in [6.45, 7) is 9.18. The first-order valence-electron chi connectivity index (χ1n) is 5.92. The highest BCUT2D eigenvalue weighted by atomic mass is 16.3. The van der Waals surface area contributed by atoms with E-state index in [0.29, 0.717) is 0 Å². The van der Waals surface area contributed by atoms with Crippen molar-refractivity contribution >= 4 is 0 Å². The first-order chi connectivity index (χ1) is 8.31. The molecule has 2 nitrogen and oxygen atoms in total. The predicted molar refractivity (Wildman–Crippen MR) is 73.0 cm³/mol. The van der Waals surface area contributed by atoms with E-state index in [9.17, 15) is 5.11 Å². The summed E-state index contributed by atoms with van der Waals surface area (Å²) < 4.78 is 0. The Morgan fingerprint density at radius 2 is 1.71 bits per heavy atom. The number of benzene rings is 1. The second-order valence-electron chi connectivity index (χ2n) is 4.06. The van der Waals surface area contributed by atoms with Crippen LogP contribution in [0.5, 0.6) is 0 Å². The monoisotopic (exact) mass is 231 g/mol. The van der Waals surface area contributed by atoms with Crippen molar-refractivity contribution in [2.75, 3.05) is 19.7 Å². The van der Waals surface area contributed by atoms with Gasteiger partial charge >= 0.3 is 0 Å². The fourth-order valence-electron chi connectivity index (χ4n) is 1.90. The zero-order valence-corrected chi connectivity index (χ0v) is 10.3. The molecule has 2 heteroatoms. The molecule has 17 heavy (non-hydrogen) atoms. The number of aliphatic hydroxyl groups excluding tert-OH is 1. The van der Waals surface area contributed by atoms with E-state index in [4.69, 9.17) is 0 Å². The Labute approximate surface area is 104 Å². The molecule has 92 valence electrons. The first kappa shape index (κ1) is 13.7. The molecule has 0 amide bonds. The lowest BCUT2D eigenvalue weighted by Gasteiger charge is -2.28. The molecule has 0 unspecified atom stereocenters. The van der Waals surface area contributed by atoms with Crippen LogP contribution in [0.1, 0.15) is 5.56 Å². The molecule has 0 bridgehead atoms. The molecule has 0 saturated heterocycles. The first-order valence-corrected chi connectivity index (χ1v) is 5.92. The van der Waals surface area contributed by atoms with Gasteiger partial charge in [-0.3, -0.25) is 4.90 Å². The molecule has 0 aliphatic carbocycles. The van der Waals surface area contributed by atoms with Gasteiger partial charge < -0.3 is 5.11 Å². The van der Waals surface area contributed by atoms with Gasteiger partial charge in [-0.1, -0.05) is 42.5 Å². The second-order valence-corrected chi connectivity index (χ2v) is 4.06. The van der Waals surface area contributed by atoms with Gasteiger partial charge in [-0.25, -0.2) is 0 Å². The number of hydrogen-bond donors (Lipinski definition) is 1. The van der Waals surface area contributed by atoms with Gasteiger partial charge in [0.25, 0.3) is 0 Å². The third-order valence-corrected chi connectivity index (χ3v) is 2.77. The summed E-state index contributed by atoms with van der Waals surface area (Å²) in [5.41, 5.74) is 1.24. The molecule has 0 aliphatic rings. The minimum atomic E-state index is 0.119. The van der Waals surface area contributed by atoms with Crippen LogP contribution in [0, 0.1) is 0 Å². The lowest BCUT2D eigenvalue weighted by atomic mass is 10.1. The second kappa shape index (κ2) is 7.82. The highest BCUT2D eigenvalue weighted by Crippen LogP contribution is 2.09. The number of rotatable bonds is 8. The summed E-state index contributed by atoms with van der Waals surface area (Å²) in [5, 5.41) is 9.50. The van der Waals surface area contributed by atoms with Gasteiger partial charge in [0.2, 0.25) is 0 Å². The Hall–Kier alpha value is -1.38. The van der Waals surface area contributed by atoms with Crippen LogP contribution in [0.15, 0.2) is 55.6 Å². The standard InChI is InChI=1S/C15H21NO/c1-3-10-16(11-4-2)15(13-17)12-14-8-6-5-7-9-14/h3-9,15,17H,1-2,10-13H2/t15-/m1/s1. The van der Waals surface area contributed by atoms with Gasteiger partial charge in [-0.05, 0) is 12.0 Å². The third-order valence-electron chi connectivity index (χ3n) is 2.77. The average Bonchev–Trinajstić information content (AvgIpc) is 2.37. The Balaban J connectivity index is 2.67. The van der Waals surface area contributed by atoms with E-state index in [-0.39, 0.29) is 12.6 Å². The molecule has 1 atom stereocenters. The van der Waals surface area contributed by atoms with Crippen molar-refractivity contribution in [1.29, 1.82) is 0 Å². The van der Waals surface area contributed by atoms with Gasteiger partial charge in [0.1, 0.15) is 0 Å². The third kappa shape index (κ3) is 4.55. The van der Waals surface area contributed by atoms with Crippen molar-refractivity contribution in [2.45, 2.75) is 12.5 Å². The zero-order valence-electron chi connectivity index (χ0n) is 10.3. The van der Waals surface area contributed by atoms with Crippen LogP contribution >= 0.6 is 0 Å². The molecule has 1 aromatic rings. The number of aliphatic hydroxyl groups is 1. The number of nitrogens with zero attached hydrogens (tertiary/aromatic N) is 1. The molecule has 1 rings (SSSR count). The van der Waals surface area contributed by atoms with Crippen LogP contribution in [0.25, 0.3) is 0 Å². The maximum absolute atomic E-state index is 9.50.